The van der Waals surface area contributed by atoms with E-state index in [-0.39, 0.29) is 0 Å². The molecule has 0 fully saturated rings. The molecule has 0 atom stereocenters. The minimum Gasteiger partial charge on any atom is -0.303 e. The summed E-state index contributed by atoms with van der Waals surface area (Å²) in [5.74, 6) is 0. The van der Waals surface area contributed by atoms with Crippen LogP contribution in [0.3, 0.4) is 0 Å². The van der Waals surface area contributed by atoms with Crippen molar-refractivity contribution in [1.29, 1.82) is 5.26 Å². The maximum absolute atomic E-state index is 10.8. The van der Waals surface area contributed by atoms with Crippen molar-refractivity contribution in [2.24, 2.45) is 0 Å². The average Bonchev–Trinajstić information content (AvgIpc) is 3.48. The van der Waals surface area contributed by atoms with Gasteiger partial charge >= 0.3 is 0 Å². The van der Waals surface area contributed by atoms with Crippen LogP contribution < -0.4 is 0 Å². The summed E-state index contributed by atoms with van der Waals surface area (Å²) in [5.41, 5.74) is 6.42. The molecule has 0 unspecified atom stereocenters. The summed E-state index contributed by atoms with van der Waals surface area (Å²) in [6.45, 7) is 0. The molecular weight excluding hydrogens is 492 g/mol. The molecule has 5 rings (SSSR count). The topological polar surface area (TPSA) is 45.8 Å². The normalized spacial score (nSPS) is 11.0. The third kappa shape index (κ3) is 4.78. The van der Waals surface area contributed by atoms with Crippen LogP contribution in [0.25, 0.3) is 33.3 Å². The molecular formula is C29H21ClN2OS2. The number of nitrogens with zero attached hydrogens (tertiary/aromatic N) is 2. The first kappa shape index (κ1) is 23.4. The van der Waals surface area contributed by atoms with Crippen molar-refractivity contribution >= 4 is 52.1 Å². The maximum atomic E-state index is 10.8. The van der Waals surface area contributed by atoms with E-state index in [0.717, 1.165) is 57.3 Å². The van der Waals surface area contributed by atoms with Gasteiger partial charge in [0.05, 0.1) is 11.2 Å². The Hall–Kier alpha value is -3.30. The van der Waals surface area contributed by atoms with Crippen molar-refractivity contribution in [3.8, 4) is 28.5 Å². The lowest BCUT2D eigenvalue weighted by Crippen LogP contribution is -1.94. The van der Waals surface area contributed by atoms with Crippen molar-refractivity contribution in [2.45, 2.75) is 24.2 Å². The van der Waals surface area contributed by atoms with Gasteiger partial charge in [0, 0.05) is 38.4 Å². The first-order valence-corrected chi connectivity index (χ1v) is 13.3. The summed E-state index contributed by atoms with van der Waals surface area (Å²) in [4.78, 5) is 12.6. The third-order valence-electron chi connectivity index (χ3n) is 5.87. The summed E-state index contributed by atoms with van der Waals surface area (Å²) < 4.78 is 2.26. The maximum Gasteiger partial charge on any atom is 0.120 e. The highest BCUT2D eigenvalue weighted by molar-refractivity contribution is 7.98. The van der Waals surface area contributed by atoms with E-state index in [1.807, 2.05) is 47.8 Å². The summed E-state index contributed by atoms with van der Waals surface area (Å²) in [7, 11) is 0. The third-order valence-corrected chi connectivity index (χ3v) is 7.98. The van der Waals surface area contributed by atoms with Crippen LogP contribution in [0.4, 0.5) is 0 Å². The number of halogens is 1. The number of thiophene rings is 1. The number of aryl methyl sites for hydroxylation is 1. The molecule has 0 radical (unpaired) electrons. The Balaban J connectivity index is 1.76. The van der Waals surface area contributed by atoms with Crippen LogP contribution in [0.1, 0.15) is 23.3 Å². The Morgan fingerprint density at radius 2 is 1.86 bits per heavy atom. The Morgan fingerprint density at radius 1 is 1.03 bits per heavy atom. The molecule has 6 heteroatoms. The molecule has 0 saturated heterocycles. The van der Waals surface area contributed by atoms with E-state index in [1.54, 1.807) is 11.9 Å². The zero-order valence-corrected chi connectivity index (χ0v) is 21.2. The summed E-state index contributed by atoms with van der Waals surface area (Å²) >= 11 is 9.25. The van der Waals surface area contributed by atoms with E-state index in [4.69, 9.17) is 11.6 Å². The molecule has 0 aliphatic carbocycles. The van der Waals surface area contributed by atoms with E-state index in [0.29, 0.717) is 16.3 Å². The van der Waals surface area contributed by atoms with E-state index < -0.39 is 0 Å². The van der Waals surface area contributed by atoms with Crippen LogP contribution in [-0.2, 0) is 11.2 Å². The predicted octanol–water partition coefficient (Wildman–Crippen LogP) is 8.64. The van der Waals surface area contributed by atoms with Crippen molar-refractivity contribution in [2.75, 3.05) is 0 Å². The molecule has 3 nitrogen and oxygen atoms in total. The molecule has 172 valence electrons. The highest BCUT2D eigenvalue weighted by Gasteiger charge is 2.23. The Labute approximate surface area is 217 Å². The second-order valence-electron chi connectivity index (χ2n) is 8.11. The molecule has 5 aromatic rings. The van der Waals surface area contributed by atoms with Gasteiger partial charge in [-0.1, -0.05) is 48.0 Å². The van der Waals surface area contributed by atoms with Crippen LogP contribution in [-0.4, -0.2) is 10.3 Å². The van der Waals surface area contributed by atoms with Gasteiger partial charge in [0.1, 0.15) is 17.2 Å². The van der Waals surface area contributed by atoms with Crippen molar-refractivity contribution < 1.29 is 4.79 Å². The van der Waals surface area contributed by atoms with Gasteiger partial charge in [0.2, 0.25) is 0 Å². The fourth-order valence-electron chi connectivity index (χ4n) is 4.30. The predicted molar refractivity (Wildman–Crippen MR) is 147 cm³/mol. The van der Waals surface area contributed by atoms with Crippen LogP contribution in [0.15, 0.2) is 89.1 Å². The summed E-state index contributed by atoms with van der Waals surface area (Å²) in [6.07, 6.45) is 3.20. The highest BCUT2D eigenvalue weighted by atomic mass is 35.5. The molecule has 0 saturated carbocycles. The molecule has 0 aliphatic heterocycles. The summed E-state index contributed by atoms with van der Waals surface area (Å²) in [5, 5.41) is 13.6. The van der Waals surface area contributed by atoms with Gasteiger partial charge in [-0.25, -0.2) is 0 Å². The number of nitriles is 1. The van der Waals surface area contributed by atoms with Gasteiger partial charge in [-0.05, 0) is 78.2 Å². The first-order valence-electron chi connectivity index (χ1n) is 11.3. The molecule has 0 amide bonds. The standard InChI is InChI=1S/C29H21ClN2OS2/c30-22-11-13-23(14-12-22)35-32-26-10-2-1-9-24(26)28(25-15-17-34-27(25)19-31)29(32)21-8-5-7-20(18-21)6-3-4-16-33/h1-2,5,7-18H,3-4,6H2. The number of benzene rings is 3. The second-order valence-corrected chi connectivity index (χ2v) is 10.5. The fourth-order valence-corrected chi connectivity index (χ4v) is 6.13. The lowest BCUT2D eigenvalue weighted by molar-refractivity contribution is -0.107. The molecule has 0 spiro atoms. The lowest BCUT2D eigenvalue weighted by atomic mass is 9.97. The van der Waals surface area contributed by atoms with E-state index in [9.17, 15) is 10.1 Å². The van der Waals surface area contributed by atoms with Gasteiger partial charge in [-0.15, -0.1) is 11.3 Å². The van der Waals surface area contributed by atoms with Crippen LogP contribution in [0, 0.1) is 11.3 Å². The number of aromatic nitrogens is 1. The lowest BCUT2D eigenvalue weighted by Gasteiger charge is -2.13. The van der Waals surface area contributed by atoms with Gasteiger partial charge < -0.3 is 4.79 Å². The highest BCUT2D eigenvalue weighted by Crippen LogP contribution is 2.46. The number of carbonyl (C=O) groups is 1. The average molecular weight is 513 g/mol. The number of hydrogen-bond acceptors (Lipinski definition) is 4. The smallest absolute Gasteiger partial charge is 0.120 e. The monoisotopic (exact) mass is 512 g/mol. The molecule has 0 aliphatic rings. The van der Waals surface area contributed by atoms with Crippen molar-refractivity contribution in [1.82, 2.24) is 3.97 Å². The Bertz CT molecular complexity index is 1540. The van der Waals surface area contributed by atoms with Crippen LogP contribution in [0.2, 0.25) is 5.02 Å². The van der Waals surface area contributed by atoms with Crippen molar-refractivity contribution in [3.05, 3.63) is 99.7 Å². The SMILES string of the molecule is N#Cc1sccc1-c1c(-c2cccc(CCCC=O)c2)n(Sc2ccc(Cl)cc2)c2ccccc12. The van der Waals surface area contributed by atoms with E-state index >= 15 is 0 Å². The van der Waals surface area contributed by atoms with Gasteiger partial charge in [0.15, 0.2) is 0 Å². The van der Waals surface area contributed by atoms with Gasteiger partial charge in [-0.2, -0.15) is 5.26 Å². The van der Waals surface area contributed by atoms with Gasteiger partial charge in [-0.3, -0.25) is 3.97 Å². The molecule has 2 heterocycles. The van der Waals surface area contributed by atoms with Crippen molar-refractivity contribution in [3.63, 3.8) is 0 Å². The minimum absolute atomic E-state index is 0.558. The van der Waals surface area contributed by atoms with Crippen LogP contribution in [0.5, 0.6) is 0 Å². The molecule has 2 aromatic heterocycles. The van der Waals surface area contributed by atoms with E-state index in [1.165, 1.54) is 16.9 Å². The number of carbonyl (C=O) groups excluding carboxylic acids is 1. The molecule has 0 bridgehead atoms. The van der Waals surface area contributed by atoms with Crippen LogP contribution >= 0.6 is 34.9 Å². The van der Waals surface area contributed by atoms with E-state index in [2.05, 4.69) is 46.4 Å². The Morgan fingerprint density at radius 3 is 2.66 bits per heavy atom. The first-order chi connectivity index (χ1) is 17.2. The number of unbranched alkanes of at least 4 members (excludes halogenated alkanes) is 1. The Kier molecular flexibility index (Phi) is 7.06. The summed E-state index contributed by atoms with van der Waals surface area (Å²) in [6, 6.07) is 29.1. The van der Waals surface area contributed by atoms with Gasteiger partial charge in [0.25, 0.3) is 0 Å². The zero-order chi connectivity index (χ0) is 24.2. The zero-order valence-electron chi connectivity index (χ0n) is 18.8. The number of aldehydes is 1. The number of para-hydroxylation sites is 1. The number of hydrogen-bond donors (Lipinski definition) is 0. The molecule has 35 heavy (non-hydrogen) atoms. The number of rotatable bonds is 8. The largest absolute Gasteiger partial charge is 0.303 e. The second kappa shape index (κ2) is 10.5. The molecule has 0 N–H and O–H groups in total. The minimum atomic E-state index is 0.558. The molecule has 3 aromatic carbocycles. The fraction of sp³-hybridized carbons (Fsp3) is 0.103. The number of fused-ring (bicyclic) bond motifs is 1. The quantitative estimate of drug-likeness (QED) is 0.154.